The lowest BCUT2D eigenvalue weighted by molar-refractivity contribution is -0.0397. The summed E-state index contributed by atoms with van der Waals surface area (Å²) in [5.41, 5.74) is -1.41. The smallest absolute Gasteiger partial charge is 0.434 e. The van der Waals surface area contributed by atoms with Crippen molar-refractivity contribution in [1.82, 2.24) is 0 Å². The second-order valence-corrected chi connectivity index (χ2v) is 10.0. The Labute approximate surface area is 161 Å². The van der Waals surface area contributed by atoms with Crippen LogP contribution in [0.5, 0.6) is 0 Å². The van der Waals surface area contributed by atoms with Gasteiger partial charge < -0.3 is 9.47 Å². The van der Waals surface area contributed by atoms with E-state index in [1.165, 1.54) is 0 Å². The van der Waals surface area contributed by atoms with Crippen LogP contribution in [0.3, 0.4) is 0 Å². The van der Waals surface area contributed by atoms with Gasteiger partial charge in [0.05, 0.1) is 17.3 Å². The highest BCUT2D eigenvalue weighted by molar-refractivity contribution is 7.48. The zero-order valence-corrected chi connectivity index (χ0v) is 18.2. The molecule has 0 radical (unpaired) electrons. The van der Waals surface area contributed by atoms with Crippen LogP contribution < -0.4 is 0 Å². The maximum atomic E-state index is 13.3. The second-order valence-electron chi connectivity index (χ2n) is 8.36. The molecule has 1 aliphatic rings. The van der Waals surface area contributed by atoms with Crippen LogP contribution >= 0.6 is 19.4 Å². The summed E-state index contributed by atoms with van der Waals surface area (Å²) in [6, 6.07) is -0.266. The van der Waals surface area contributed by atoms with Crippen molar-refractivity contribution < 1.29 is 32.4 Å². The first-order valence-electron chi connectivity index (χ1n) is 8.89. The summed E-state index contributed by atoms with van der Waals surface area (Å²) < 4.78 is 40.2. The molecule has 1 saturated carbocycles. The number of hydrogen-bond donors (Lipinski definition) is 0. The zero-order valence-electron chi connectivity index (χ0n) is 16.6. The predicted octanol–water partition coefficient (Wildman–Crippen LogP) is 5.65. The summed E-state index contributed by atoms with van der Waals surface area (Å²) in [5.74, 6) is -0.118. The van der Waals surface area contributed by atoms with Crippen LogP contribution in [0, 0.1) is 5.92 Å². The van der Waals surface area contributed by atoms with Crippen LogP contribution in [-0.2, 0) is 27.6 Å². The zero-order chi connectivity index (χ0) is 20.0. The lowest BCUT2D eigenvalue weighted by Gasteiger charge is -2.36. The Bertz CT molecular complexity index is 478. The average molecular weight is 415 g/mol. The molecule has 0 aromatic heterocycles. The third kappa shape index (κ3) is 9.56. The summed E-state index contributed by atoms with van der Waals surface area (Å²) in [6.07, 6.45) is 2.14. The topological polar surface area (TPSA) is 80.3 Å². The molecule has 7 nitrogen and oxygen atoms in total. The van der Waals surface area contributed by atoms with E-state index in [9.17, 15) is 9.36 Å². The van der Waals surface area contributed by atoms with Crippen molar-refractivity contribution in [3.8, 4) is 0 Å². The van der Waals surface area contributed by atoms with Gasteiger partial charge in [-0.15, -0.1) is 0 Å². The molecule has 9 heteroatoms. The fourth-order valence-electron chi connectivity index (χ4n) is 2.66. The molecule has 0 aromatic rings. The molecular weight excluding hydrogens is 383 g/mol. The van der Waals surface area contributed by atoms with Gasteiger partial charge in [0.25, 0.3) is 0 Å². The molecule has 1 aliphatic carbocycles. The van der Waals surface area contributed by atoms with Crippen LogP contribution in [0.25, 0.3) is 0 Å². The molecule has 0 spiro atoms. The fourth-order valence-corrected chi connectivity index (χ4v) is 4.83. The van der Waals surface area contributed by atoms with Gasteiger partial charge in [-0.25, -0.2) is 9.36 Å². The number of phosphoric acid groups is 1. The highest BCUT2D eigenvalue weighted by Gasteiger charge is 2.42. The molecule has 0 amide bonds. The molecule has 1 rings (SSSR count). The van der Waals surface area contributed by atoms with E-state index in [0.29, 0.717) is 6.42 Å². The van der Waals surface area contributed by atoms with E-state index >= 15 is 0 Å². The number of carbonyl (C=O) groups excluding carboxylic acids is 1. The maximum absolute atomic E-state index is 13.3. The van der Waals surface area contributed by atoms with Crippen molar-refractivity contribution in [2.24, 2.45) is 5.92 Å². The van der Waals surface area contributed by atoms with Crippen molar-refractivity contribution in [2.45, 2.75) is 84.5 Å². The van der Waals surface area contributed by atoms with E-state index < -0.39 is 31.3 Å². The second kappa shape index (κ2) is 9.74. The summed E-state index contributed by atoms with van der Waals surface area (Å²) in [4.78, 5) is 11.4. The number of carbonyl (C=O) groups is 1. The fraction of sp³-hybridized carbons (Fsp3) is 0.941. The quantitative estimate of drug-likeness (QED) is 0.302. The SMILES string of the molecule is CC(C)(C)OP(=O)(O[C@H]1CCCC[C@H]1COC(=O)OCCl)OC(C)(C)C. The molecule has 2 atom stereocenters. The van der Waals surface area contributed by atoms with Gasteiger partial charge in [-0.3, -0.25) is 13.6 Å². The van der Waals surface area contributed by atoms with Crippen molar-refractivity contribution in [3.63, 3.8) is 0 Å². The van der Waals surface area contributed by atoms with Crippen LogP contribution in [0.2, 0.25) is 0 Å². The van der Waals surface area contributed by atoms with E-state index in [1.807, 2.05) is 0 Å². The molecule has 154 valence electrons. The number of phosphoric ester groups is 1. The van der Waals surface area contributed by atoms with E-state index in [1.54, 1.807) is 41.5 Å². The number of rotatable bonds is 7. The molecule has 0 N–H and O–H groups in total. The lowest BCUT2D eigenvalue weighted by Crippen LogP contribution is -2.34. The van der Waals surface area contributed by atoms with Crippen molar-refractivity contribution in [2.75, 3.05) is 12.7 Å². The van der Waals surface area contributed by atoms with E-state index in [2.05, 4.69) is 4.74 Å². The molecule has 0 aromatic carbocycles. The summed E-state index contributed by atoms with van der Waals surface area (Å²) in [7, 11) is -3.82. The van der Waals surface area contributed by atoms with E-state index in [4.69, 9.17) is 29.9 Å². The molecule has 0 bridgehead atoms. The van der Waals surface area contributed by atoms with Crippen LogP contribution in [0.15, 0.2) is 0 Å². The Morgan fingerprint density at radius 2 is 1.54 bits per heavy atom. The molecule has 26 heavy (non-hydrogen) atoms. The average Bonchev–Trinajstić information content (AvgIpc) is 2.42. The predicted molar refractivity (Wildman–Crippen MR) is 99.3 cm³/mol. The Hall–Kier alpha value is -0.330. The first-order valence-corrected chi connectivity index (χ1v) is 10.9. The van der Waals surface area contributed by atoms with Gasteiger partial charge in [-0.1, -0.05) is 24.4 Å². The third-order valence-electron chi connectivity index (χ3n) is 3.46. The Kier molecular flexibility index (Phi) is 8.88. The molecule has 1 fully saturated rings. The molecule has 0 heterocycles. The Morgan fingerprint density at radius 1 is 1.00 bits per heavy atom. The maximum Gasteiger partial charge on any atom is 0.509 e. The van der Waals surface area contributed by atoms with Crippen molar-refractivity contribution >= 4 is 25.6 Å². The highest BCUT2D eigenvalue weighted by Crippen LogP contribution is 2.57. The number of halogens is 1. The Balaban J connectivity index is 2.84. The van der Waals surface area contributed by atoms with Crippen LogP contribution in [0.1, 0.15) is 67.2 Å². The van der Waals surface area contributed by atoms with E-state index in [0.717, 1.165) is 19.3 Å². The largest absolute Gasteiger partial charge is 0.509 e. The van der Waals surface area contributed by atoms with Gasteiger partial charge in [0.2, 0.25) is 0 Å². The van der Waals surface area contributed by atoms with Gasteiger partial charge in [-0.05, 0) is 54.4 Å². The minimum Gasteiger partial charge on any atom is -0.434 e. The number of alkyl halides is 1. The summed E-state index contributed by atoms with van der Waals surface area (Å²) in [6.45, 7) is 10.8. The first kappa shape index (κ1) is 23.7. The van der Waals surface area contributed by atoms with Gasteiger partial charge in [0.1, 0.15) is 6.61 Å². The highest BCUT2D eigenvalue weighted by atomic mass is 35.5. The third-order valence-corrected chi connectivity index (χ3v) is 5.64. The minimum absolute atomic E-state index is 0.103. The van der Waals surface area contributed by atoms with E-state index in [-0.39, 0.29) is 18.6 Å². The molecular formula is C17H32ClO7P. The first-order chi connectivity index (χ1) is 11.8. The normalized spacial score (nSPS) is 22.1. The van der Waals surface area contributed by atoms with Gasteiger partial charge >= 0.3 is 14.0 Å². The minimum atomic E-state index is -3.82. The number of ether oxygens (including phenoxy) is 2. The molecule has 0 saturated heterocycles. The summed E-state index contributed by atoms with van der Waals surface area (Å²) >= 11 is 5.34. The van der Waals surface area contributed by atoms with Crippen LogP contribution in [0.4, 0.5) is 4.79 Å². The van der Waals surface area contributed by atoms with Gasteiger partial charge in [0, 0.05) is 5.92 Å². The lowest BCUT2D eigenvalue weighted by atomic mass is 9.87. The molecule has 0 unspecified atom stereocenters. The van der Waals surface area contributed by atoms with Gasteiger partial charge in [-0.2, -0.15) is 0 Å². The van der Waals surface area contributed by atoms with Crippen molar-refractivity contribution in [1.29, 1.82) is 0 Å². The molecule has 0 aliphatic heterocycles. The standard InChI is InChI=1S/C17H32ClO7P/c1-16(2,3)24-26(20,25-17(4,5)6)23-14-10-8-7-9-13(14)11-21-15(19)22-12-18/h13-14H,7-12H2,1-6H3/t13-,14-/m0/s1. The number of hydrogen-bond acceptors (Lipinski definition) is 7. The summed E-state index contributed by atoms with van der Waals surface area (Å²) in [5, 5.41) is 0. The van der Waals surface area contributed by atoms with Gasteiger partial charge in [0.15, 0.2) is 6.07 Å². The monoisotopic (exact) mass is 414 g/mol. The Morgan fingerprint density at radius 3 is 2.04 bits per heavy atom. The van der Waals surface area contributed by atoms with Crippen molar-refractivity contribution in [3.05, 3.63) is 0 Å². The van der Waals surface area contributed by atoms with Crippen LogP contribution in [-0.4, -0.2) is 36.1 Å².